The third-order valence-corrected chi connectivity index (χ3v) is 4.36. The molecule has 0 fully saturated rings. The summed E-state index contributed by atoms with van der Waals surface area (Å²) in [5.41, 5.74) is 3.51. The van der Waals surface area contributed by atoms with E-state index in [9.17, 15) is 9.59 Å². The van der Waals surface area contributed by atoms with E-state index in [4.69, 9.17) is 4.74 Å². The monoisotopic (exact) mass is 367 g/mol. The van der Waals surface area contributed by atoms with Crippen molar-refractivity contribution >= 4 is 17.6 Å². The van der Waals surface area contributed by atoms with E-state index in [0.717, 1.165) is 5.56 Å². The summed E-state index contributed by atoms with van der Waals surface area (Å²) >= 11 is 0. The summed E-state index contributed by atoms with van der Waals surface area (Å²) < 4.78 is 5.11. The largest absolute Gasteiger partial charge is 0.452 e. The molecular formula is C23H29NO3. The molecule has 0 radical (unpaired) electrons. The maximum atomic E-state index is 12.1. The van der Waals surface area contributed by atoms with Crippen LogP contribution in [-0.4, -0.2) is 18.5 Å². The highest BCUT2D eigenvalue weighted by Crippen LogP contribution is 2.24. The Kier molecular flexibility index (Phi) is 6.09. The van der Waals surface area contributed by atoms with Gasteiger partial charge in [-0.3, -0.25) is 4.79 Å². The molecule has 0 aliphatic carbocycles. The molecule has 27 heavy (non-hydrogen) atoms. The van der Waals surface area contributed by atoms with Gasteiger partial charge >= 0.3 is 5.97 Å². The van der Waals surface area contributed by atoms with Crippen molar-refractivity contribution in [2.24, 2.45) is 0 Å². The molecule has 0 spiro atoms. The van der Waals surface area contributed by atoms with E-state index in [0.29, 0.717) is 11.3 Å². The van der Waals surface area contributed by atoms with Crippen LogP contribution in [0.3, 0.4) is 0 Å². The summed E-state index contributed by atoms with van der Waals surface area (Å²) in [6.45, 7) is 12.4. The lowest BCUT2D eigenvalue weighted by molar-refractivity contribution is -0.119. The maximum absolute atomic E-state index is 12.1. The summed E-state index contributed by atoms with van der Waals surface area (Å²) in [4.78, 5) is 24.1. The highest BCUT2D eigenvalue weighted by molar-refractivity contribution is 5.95. The third-order valence-electron chi connectivity index (χ3n) is 4.36. The van der Waals surface area contributed by atoms with Gasteiger partial charge in [0.1, 0.15) is 0 Å². The molecule has 0 heterocycles. The molecule has 0 aliphatic rings. The van der Waals surface area contributed by atoms with Gasteiger partial charge in [-0.05, 0) is 46.2 Å². The van der Waals surface area contributed by atoms with Crippen LogP contribution in [-0.2, 0) is 20.4 Å². The highest BCUT2D eigenvalue weighted by atomic mass is 16.5. The molecule has 2 rings (SSSR count). The Morgan fingerprint density at radius 2 is 1.22 bits per heavy atom. The zero-order valence-electron chi connectivity index (χ0n) is 17.1. The van der Waals surface area contributed by atoms with Crippen molar-refractivity contribution in [2.45, 2.75) is 52.4 Å². The second-order valence-electron chi connectivity index (χ2n) is 8.78. The number of amides is 1. The first-order valence-corrected chi connectivity index (χ1v) is 9.15. The molecule has 0 saturated carbocycles. The Morgan fingerprint density at radius 1 is 0.778 bits per heavy atom. The van der Waals surface area contributed by atoms with Crippen molar-refractivity contribution in [3.05, 3.63) is 65.2 Å². The predicted molar refractivity (Wildman–Crippen MR) is 109 cm³/mol. The number of esters is 1. The van der Waals surface area contributed by atoms with Crippen molar-refractivity contribution in [2.75, 3.05) is 11.9 Å². The van der Waals surface area contributed by atoms with E-state index < -0.39 is 5.97 Å². The van der Waals surface area contributed by atoms with Crippen LogP contribution in [0.5, 0.6) is 0 Å². The predicted octanol–water partition coefficient (Wildman–Crippen LogP) is 5.08. The molecule has 2 aromatic rings. The van der Waals surface area contributed by atoms with Gasteiger partial charge in [-0.25, -0.2) is 4.79 Å². The van der Waals surface area contributed by atoms with E-state index in [-0.39, 0.29) is 23.3 Å². The van der Waals surface area contributed by atoms with Crippen LogP contribution in [0.15, 0.2) is 48.5 Å². The Hall–Kier alpha value is -2.62. The molecule has 0 saturated heterocycles. The molecule has 0 aliphatic heterocycles. The number of benzene rings is 2. The Balaban J connectivity index is 1.88. The van der Waals surface area contributed by atoms with Crippen molar-refractivity contribution in [1.82, 2.24) is 0 Å². The molecule has 4 heteroatoms. The second kappa shape index (κ2) is 7.95. The minimum Gasteiger partial charge on any atom is -0.452 e. The van der Waals surface area contributed by atoms with Gasteiger partial charge in [0.2, 0.25) is 0 Å². The van der Waals surface area contributed by atoms with Gasteiger partial charge in [-0.15, -0.1) is 0 Å². The molecular weight excluding hydrogens is 338 g/mol. The zero-order valence-corrected chi connectivity index (χ0v) is 17.1. The first-order valence-electron chi connectivity index (χ1n) is 9.15. The fraction of sp³-hybridized carbons (Fsp3) is 0.391. The van der Waals surface area contributed by atoms with Crippen molar-refractivity contribution in [3.8, 4) is 0 Å². The van der Waals surface area contributed by atoms with Crippen LogP contribution in [0.4, 0.5) is 5.69 Å². The molecule has 1 amide bonds. The molecule has 144 valence electrons. The normalized spacial score (nSPS) is 11.8. The molecule has 0 atom stereocenters. The van der Waals surface area contributed by atoms with E-state index in [1.54, 1.807) is 12.1 Å². The van der Waals surface area contributed by atoms with Crippen LogP contribution in [0, 0.1) is 0 Å². The second-order valence-corrected chi connectivity index (χ2v) is 8.78. The average molecular weight is 367 g/mol. The van der Waals surface area contributed by atoms with Crippen molar-refractivity contribution in [1.29, 1.82) is 0 Å². The van der Waals surface area contributed by atoms with Gasteiger partial charge in [-0.2, -0.15) is 0 Å². The molecule has 4 nitrogen and oxygen atoms in total. The van der Waals surface area contributed by atoms with E-state index in [1.807, 2.05) is 36.4 Å². The molecule has 2 aromatic carbocycles. The first kappa shape index (κ1) is 20.7. The maximum Gasteiger partial charge on any atom is 0.338 e. The van der Waals surface area contributed by atoms with Gasteiger partial charge in [0.15, 0.2) is 6.61 Å². The van der Waals surface area contributed by atoms with Crippen LogP contribution in [0.2, 0.25) is 0 Å². The number of ether oxygens (including phenoxy) is 1. The number of carbonyl (C=O) groups excluding carboxylic acids is 2. The smallest absolute Gasteiger partial charge is 0.338 e. The quantitative estimate of drug-likeness (QED) is 0.767. The number of hydrogen-bond acceptors (Lipinski definition) is 3. The Labute approximate surface area is 161 Å². The van der Waals surface area contributed by atoms with Gasteiger partial charge in [0.25, 0.3) is 5.91 Å². The lowest BCUT2D eigenvalue weighted by atomic mass is 9.87. The number of carbonyl (C=O) groups is 2. The summed E-state index contributed by atoms with van der Waals surface area (Å²) in [6.07, 6.45) is 0. The Bertz CT molecular complexity index is 792. The summed E-state index contributed by atoms with van der Waals surface area (Å²) in [5.74, 6) is -0.869. The summed E-state index contributed by atoms with van der Waals surface area (Å²) in [6, 6.07) is 15.0. The topological polar surface area (TPSA) is 55.4 Å². The van der Waals surface area contributed by atoms with Crippen molar-refractivity contribution in [3.63, 3.8) is 0 Å². The fourth-order valence-electron chi connectivity index (χ4n) is 2.57. The minimum atomic E-state index is -0.506. The third kappa shape index (κ3) is 5.95. The summed E-state index contributed by atoms with van der Waals surface area (Å²) in [5, 5.41) is 2.74. The first-order chi connectivity index (χ1) is 12.5. The molecule has 0 bridgehead atoms. The number of anilines is 1. The van der Waals surface area contributed by atoms with Gasteiger partial charge < -0.3 is 10.1 Å². The zero-order chi connectivity index (χ0) is 20.2. The van der Waals surface area contributed by atoms with Gasteiger partial charge in [0, 0.05) is 5.69 Å². The van der Waals surface area contributed by atoms with Gasteiger partial charge in [0.05, 0.1) is 5.56 Å². The van der Waals surface area contributed by atoms with Crippen molar-refractivity contribution < 1.29 is 14.3 Å². The molecule has 0 unspecified atom stereocenters. The van der Waals surface area contributed by atoms with Crippen LogP contribution >= 0.6 is 0 Å². The van der Waals surface area contributed by atoms with Crippen LogP contribution in [0.25, 0.3) is 0 Å². The highest BCUT2D eigenvalue weighted by Gasteiger charge is 2.16. The number of hydrogen-bond donors (Lipinski definition) is 1. The van der Waals surface area contributed by atoms with Gasteiger partial charge in [-0.1, -0.05) is 65.8 Å². The summed E-state index contributed by atoms with van der Waals surface area (Å²) in [7, 11) is 0. The minimum absolute atomic E-state index is 0.0187. The molecule has 1 N–H and O–H groups in total. The fourth-order valence-corrected chi connectivity index (χ4v) is 2.57. The average Bonchev–Trinajstić information content (AvgIpc) is 2.58. The van der Waals surface area contributed by atoms with E-state index in [2.05, 4.69) is 46.9 Å². The SMILES string of the molecule is CC(C)(C)c1ccc(NC(=O)COC(=O)c2ccc(C(C)(C)C)cc2)cc1. The van der Waals surface area contributed by atoms with E-state index >= 15 is 0 Å². The van der Waals surface area contributed by atoms with Crippen LogP contribution < -0.4 is 5.32 Å². The van der Waals surface area contributed by atoms with E-state index in [1.165, 1.54) is 5.56 Å². The Morgan fingerprint density at radius 3 is 1.67 bits per heavy atom. The van der Waals surface area contributed by atoms with Crippen LogP contribution in [0.1, 0.15) is 63.0 Å². The lowest BCUT2D eigenvalue weighted by Gasteiger charge is -2.19. The lowest BCUT2D eigenvalue weighted by Crippen LogP contribution is -2.21. The number of rotatable bonds is 4. The number of nitrogens with one attached hydrogen (secondary N) is 1. The standard InChI is InChI=1S/C23H29NO3/c1-22(2,3)17-9-7-16(8-10-17)21(26)27-15-20(25)24-19-13-11-18(12-14-19)23(4,5)6/h7-14H,15H2,1-6H3,(H,24,25). The molecule has 0 aromatic heterocycles.